The van der Waals surface area contributed by atoms with Crippen molar-refractivity contribution in [3.63, 3.8) is 0 Å². The molecule has 1 saturated heterocycles. The third kappa shape index (κ3) is 4.39. The van der Waals surface area contributed by atoms with Gasteiger partial charge in [0.25, 0.3) is 0 Å². The summed E-state index contributed by atoms with van der Waals surface area (Å²) in [5.74, 6) is 0.400. The lowest BCUT2D eigenvalue weighted by molar-refractivity contribution is -0.116. The van der Waals surface area contributed by atoms with E-state index in [4.69, 9.17) is 4.74 Å². The minimum atomic E-state index is 0.400. The van der Waals surface area contributed by atoms with E-state index in [-0.39, 0.29) is 0 Å². The van der Waals surface area contributed by atoms with Gasteiger partial charge in [-0.25, -0.2) is 0 Å². The lowest BCUT2D eigenvalue weighted by Crippen LogP contribution is -2.21. The van der Waals surface area contributed by atoms with Crippen molar-refractivity contribution in [2.45, 2.75) is 25.7 Å². The fourth-order valence-corrected chi connectivity index (χ4v) is 1.64. The molecule has 0 aromatic carbocycles. The second kappa shape index (κ2) is 6.11. The van der Waals surface area contributed by atoms with Crippen LogP contribution >= 0.6 is 0 Å². The maximum atomic E-state index is 10.9. The fraction of sp³-hybridized carbons (Fsp3) is 0.900. The number of Topliss-reactive ketones (excluding diaryl/α,β-unsaturated/α-hetero) is 1. The van der Waals surface area contributed by atoms with Gasteiger partial charge in [-0.15, -0.1) is 0 Å². The average Bonchev–Trinajstić information content (AvgIpc) is 2.51. The van der Waals surface area contributed by atoms with Crippen molar-refractivity contribution >= 4 is 5.78 Å². The first-order valence-corrected chi connectivity index (χ1v) is 5.06. The van der Waals surface area contributed by atoms with Crippen LogP contribution in [0.4, 0.5) is 0 Å². The van der Waals surface area contributed by atoms with Crippen molar-refractivity contribution in [2.24, 2.45) is 0 Å². The van der Waals surface area contributed by atoms with Crippen LogP contribution in [0.1, 0.15) is 25.7 Å². The molecule has 0 spiro atoms. The summed E-state index contributed by atoms with van der Waals surface area (Å²) in [4.78, 5) is 13.2. The molecule has 0 bridgehead atoms. The van der Waals surface area contributed by atoms with Crippen molar-refractivity contribution < 1.29 is 9.53 Å². The number of methoxy groups -OCH3 is 1. The Kier molecular flexibility index (Phi) is 5.01. The van der Waals surface area contributed by atoms with Gasteiger partial charge in [0.15, 0.2) is 0 Å². The highest BCUT2D eigenvalue weighted by Gasteiger charge is 2.17. The predicted molar refractivity (Wildman–Crippen MR) is 51.8 cm³/mol. The monoisotopic (exact) mass is 185 g/mol. The molecule has 0 aromatic heterocycles. The van der Waals surface area contributed by atoms with Gasteiger partial charge in [-0.3, -0.25) is 9.69 Å². The Labute approximate surface area is 80.1 Å². The molecule has 13 heavy (non-hydrogen) atoms. The molecule has 0 unspecified atom stereocenters. The molecular weight excluding hydrogens is 166 g/mol. The third-order valence-electron chi connectivity index (χ3n) is 2.43. The zero-order valence-electron chi connectivity index (χ0n) is 8.42. The number of hydrogen-bond acceptors (Lipinski definition) is 3. The van der Waals surface area contributed by atoms with Crippen LogP contribution in [0.25, 0.3) is 0 Å². The van der Waals surface area contributed by atoms with Crippen molar-refractivity contribution in [3.05, 3.63) is 0 Å². The van der Waals surface area contributed by atoms with Gasteiger partial charge in [-0.1, -0.05) is 0 Å². The van der Waals surface area contributed by atoms with Gasteiger partial charge in [0.1, 0.15) is 5.78 Å². The Balaban J connectivity index is 1.91. The minimum absolute atomic E-state index is 0.400. The van der Waals surface area contributed by atoms with E-state index in [2.05, 4.69) is 4.90 Å². The number of ketones is 1. The summed E-state index contributed by atoms with van der Waals surface area (Å²) >= 11 is 0. The second-order valence-corrected chi connectivity index (χ2v) is 3.62. The Bertz CT molecular complexity index is 159. The van der Waals surface area contributed by atoms with Crippen LogP contribution in [0.15, 0.2) is 0 Å². The van der Waals surface area contributed by atoms with Crippen LogP contribution in [-0.4, -0.2) is 44.0 Å². The highest BCUT2D eigenvalue weighted by molar-refractivity contribution is 5.82. The van der Waals surface area contributed by atoms with E-state index in [1.165, 1.54) is 12.8 Å². The van der Waals surface area contributed by atoms with Gasteiger partial charge < -0.3 is 4.74 Å². The largest absolute Gasteiger partial charge is 0.385 e. The van der Waals surface area contributed by atoms with Crippen LogP contribution in [0.3, 0.4) is 0 Å². The first-order chi connectivity index (χ1) is 6.33. The quantitative estimate of drug-likeness (QED) is 0.580. The van der Waals surface area contributed by atoms with Gasteiger partial charge in [-0.05, 0) is 25.8 Å². The van der Waals surface area contributed by atoms with Crippen LogP contribution in [0.5, 0.6) is 0 Å². The normalized spacial score (nSPS) is 18.4. The van der Waals surface area contributed by atoms with Crippen molar-refractivity contribution in [3.8, 4) is 0 Å². The molecule has 1 rings (SSSR count). The summed E-state index contributed by atoms with van der Waals surface area (Å²) in [6.07, 6.45) is 4.30. The van der Waals surface area contributed by atoms with Gasteiger partial charge >= 0.3 is 0 Å². The molecule has 1 fully saturated rings. The van der Waals surface area contributed by atoms with Crippen LogP contribution in [0, 0.1) is 0 Å². The molecule has 1 heterocycles. The molecule has 3 heteroatoms. The van der Waals surface area contributed by atoms with E-state index in [0.717, 1.165) is 32.5 Å². The zero-order valence-corrected chi connectivity index (χ0v) is 8.42. The number of nitrogens with zero attached hydrogens (tertiary/aromatic N) is 1. The Morgan fingerprint density at radius 2 is 2.23 bits per heavy atom. The highest BCUT2D eigenvalue weighted by atomic mass is 16.5. The number of hydrogen-bond donors (Lipinski definition) is 0. The van der Waals surface area contributed by atoms with E-state index < -0.39 is 0 Å². The van der Waals surface area contributed by atoms with Crippen molar-refractivity contribution in [1.82, 2.24) is 4.90 Å². The van der Waals surface area contributed by atoms with Crippen LogP contribution in [0.2, 0.25) is 0 Å². The summed E-state index contributed by atoms with van der Waals surface area (Å²) in [5.41, 5.74) is 0. The Morgan fingerprint density at radius 1 is 1.38 bits per heavy atom. The third-order valence-corrected chi connectivity index (χ3v) is 2.43. The molecule has 0 N–H and O–H groups in total. The van der Waals surface area contributed by atoms with E-state index in [1.54, 1.807) is 7.11 Å². The molecule has 76 valence electrons. The van der Waals surface area contributed by atoms with E-state index in [0.29, 0.717) is 12.3 Å². The summed E-state index contributed by atoms with van der Waals surface area (Å²) in [6.45, 7) is 3.60. The SMILES string of the molecule is COCCCCCN1CCC(=O)C1. The molecule has 1 aliphatic rings. The first kappa shape index (κ1) is 10.7. The fourth-order valence-electron chi connectivity index (χ4n) is 1.64. The van der Waals surface area contributed by atoms with E-state index >= 15 is 0 Å². The number of rotatable bonds is 6. The Hall–Kier alpha value is -0.410. The standard InChI is InChI=1S/C10H19NO2/c1-13-8-4-2-3-6-11-7-5-10(12)9-11/h2-9H2,1H3. The minimum Gasteiger partial charge on any atom is -0.385 e. The molecule has 0 amide bonds. The molecule has 0 aliphatic carbocycles. The highest BCUT2D eigenvalue weighted by Crippen LogP contribution is 2.06. The molecule has 3 nitrogen and oxygen atoms in total. The maximum Gasteiger partial charge on any atom is 0.148 e. The molecule has 0 aromatic rings. The number of likely N-dealkylation sites (tertiary alicyclic amines) is 1. The zero-order chi connectivity index (χ0) is 9.52. The number of carbonyl (C=O) groups excluding carboxylic acids is 1. The molecular formula is C10H19NO2. The lowest BCUT2D eigenvalue weighted by atomic mass is 10.2. The maximum absolute atomic E-state index is 10.9. The summed E-state index contributed by atoms with van der Waals surface area (Å²) in [5, 5.41) is 0. The molecule has 0 saturated carbocycles. The van der Waals surface area contributed by atoms with Crippen molar-refractivity contribution in [2.75, 3.05) is 33.4 Å². The topological polar surface area (TPSA) is 29.5 Å². The second-order valence-electron chi connectivity index (χ2n) is 3.62. The molecule has 1 aliphatic heterocycles. The van der Waals surface area contributed by atoms with Crippen LogP contribution < -0.4 is 0 Å². The van der Waals surface area contributed by atoms with Gasteiger partial charge in [0.05, 0.1) is 6.54 Å². The van der Waals surface area contributed by atoms with E-state index in [1.807, 2.05) is 0 Å². The average molecular weight is 185 g/mol. The summed E-state index contributed by atoms with van der Waals surface area (Å²) < 4.78 is 4.96. The molecule has 0 atom stereocenters. The number of ether oxygens (including phenoxy) is 1. The van der Waals surface area contributed by atoms with Crippen molar-refractivity contribution in [1.29, 1.82) is 0 Å². The lowest BCUT2D eigenvalue weighted by Gasteiger charge is -2.12. The predicted octanol–water partition coefficient (Wildman–Crippen LogP) is 1.08. The van der Waals surface area contributed by atoms with Crippen LogP contribution in [-0.2, 0) is 9.53 Å². The molecule has 0 radical (unpaired) electrons. The summed E-state index contributed by atoms with van der Waals surface area (Å²) in [7, 11) is 1.74. The van der Waals surface area contributed by atoms with Gasteiger partial charge in [0.2, 0.25) is 0 Å². The Morgan fingerprint density at radius 3 is 2.85 bits per heavy atom. The number of unbranched alkanes of at least 4 members (excludes halogenated alkanes) is 2. The van der Waals surface area contributed by atoms with Gasteiger partial charge in [0, 0.05) is 26.7 Å². The van der Waals surface area contributed by atoms with E-state index in [9.17, 15) is 4.79 Å². The number of carbonyl (C=O) groups is 1. The smallest absolute Gasteiger partial charge is 0.148 e. The summed E-state index contributed by atoms with van der Waals surface area (Å²) in [6, 6.07) is 0. The van der Waals surface area contributed by atoms with Gasteiger partial charge in [-0.2, -0.15) is 0 Å². The first-order valence-electron chi connectivity index (χ1n) is 5.06.